The number of nitrogens with zero attached hydrogens (tertiary/aromatic N) is 2. The second kappa shape index (κ2) is 26.0. The van der Waals surface area contributed by atoms with E-state index in [0.717, 1.165) is 29.5 Å². The van der Waals surface area contributed by atoms with Crippen molar-refractivity contribution in [2.24, 2.45) is 22.9 Å². The van der Waals surface area contributed by atoms with Crippen molar-refractivity contribution >= 4 is 23.6 Å². The van der Waals surface area contributed by atoms with Gasteiger partial charge in [0, 0.05) is 43.7 Å². The molecule has 3 aromatic rings. The number of hydrogen-bond donors (Lipinski definition) is 4. The molecule has 16 heteroatoms. The molecule has 6 rings (SSSR count). The zero-order chi connectivity index (χ0) is 48.3. The lowest BCUT2D eigenvalue weighted by atomic mass is 9.55. The molecule has 1 fully saturated rings. The Morgan fingerprint density at radius 3 is 2.40 bits per heavy atom. The summed E-state index contributed by atoms with van der Waals surface area (Å²) in [5.74, 6) is -1.12. The second-order valence-corrected chi connectivity index (χ2v) is 16.8. The standard InChI is InChI=1S/C52H67N3O13/c1-5-7-28-64-51(60)55(23-29-63-30-26-58)47-34-44(54-66-35-36-15-9-8-10-16-36)41-31-37(17-11-13-24-56)40(18-12-14-25-57)48-42-32-39(20-22-45(42)68-52(47,49(41)48)65-27-6-2)67-50(59)53-43-21-19-38(61-3)33-46(43)62-4/h5-6,8-10,15-16,19-22,31-33,37,40,47-49,56-58H,1-2,7,11-14,17-18,23-30,34-35H2,3-4H3,(H,53,59)/t37-,40+,47-,48+,49+,52+/m0/s1. The molecule has 3 aliphatic rings. The van der Waals surface area contributed by atoms with Crippen molar-refractivity contribution in [1.82, 2.24) is 4.90 Å². The number of rotatable bonds is 27. The number of aliphatic hydroxyl groups is 3. The van der Waals surface area contributed by atoms with Crippen molar-refractivity contribution in [1.29, 1.82) is 0 Å². The number of anilines is 1. The van der Waals surface area contributed by atoms with E-state index >= 15 is 0 Å². The number of fused-ring (bicyclic) bond motifs is 2. The minimum absolute atomic E-state index is 0.0220. The largest absolute Gasteiger partial charge is 0.497 e. The van der Waals surface area contributed by atoms with Crippen LogP contribution in [0.1, 0.15) is 68.4 Å². The van der Waals surface area contributed by atoms with Crippen molar-refractivity contribution in [2.75, 3.05) is 72.3 Å². The van der Waals surface area contributed by atoms with Gasteiger partial charge in [0.2, 0.25) is 5.79 Å². The van der Waals surface area contributed by atoms with Crippen molar-refractivity contribution in [2.45, 2.75) is 75.7 Å². The average Bonchev–Trinajstić information content (AvgIpc) is 3.35. The van der Waals surface area contributed by atoms with Crippen LogP contribution in [0.15, 0.2) is 109 Å². The van der Waals surface area contributed by atoms with E-state index in [4.69, 9.17) is 43.2 Å². The quantitative estimate of drug-likeness (QED) is 0.0325. The van der Waals surface area contributed by atoms with E-state index in [1.807, 2.05) is 36.4 Å². The third kappa shape index (κ3) is 12.6. The molecule has 4 N–H and O–H groups in total. The van der Waals surface area contributed by atoms with Crippen LogP contribution in [-0.2, 0) is 25.7 Å². The van der Waals surface area contributed by atoms with E-state index in [1.54, 1.807) is 47.4 Å². The van der Waals surface area contributed by atoms with Crippen LogP contribution < -0.4 is 24.3 Å². The van der Waals surface area contributed by atoms with E-state index in [1.165, 1.54) is 14.2 Å². The summed E-state index contributed by atoms with van der Waals surface area (Å²) in [6.45, 7) is 8.15. The fraction of sp³-hybridized carbons (Fsp3) is 0.481. The minimum atomic E-state index is -1.58. The summed E-state index contributed by atoms with van der Waals surface area (Å²) in [7, 11) is 3.03. The van der Waals surface area contributed by atoms with E-state index in [-0.39, 0.29) is 83.4 Å². The predicted octanol–water partition coefficient (Wildman–Crippen LogP) is 8.17. The molecule has 3 aromatic carbocycles. The normalized spacial score (nSPS) is 21.8. The van der Waals surface area contributed by atoms with Crippen molar-refractivity contribution < 1.29 is 62.9 Å². The molecule has 1 aliphatic heterocycles. The van der Waals surface area contributed by atoms with E-state index in [9.17, 15) is 24.9 Å². The first-order valence-electron chi connectivity index (χ1n) is 23.4. The van der Waals surface area contributed by atoms with Gasteiger partial charge >= 0.3 is 12.2 Å². The molecule has 2 amide bonds. The van der Waals surface area contributed by atoms with Gasteiger partial charge in [0.25, 0.3) is 0 Å². The number of carbonyl (C=O) groups excluding carboxylic acids is 2. The minimum Gasteiger partial charge on any atom is -0.497 e. The second-order valence-electron chi connectivity index (χ2n) is 16.8. The first-order valence-corrected chi connectivity index (χ1v) is 23.4. The Labute approximate surface area is 399 Å². The summed E-state index contributed by atoms with van der Waals surface area (Å²) in [6, 6.07) is 19.0. The SMILES string of the molecule is C=CCCOC(=O)N(CCOCCO)[C@H]1CC(=NOCc2ccccc2)C2=C[C@H](CCCCO)[C@@H](CCCCO)[C@@H]3c4cc(OC(=O)Nc5ccc(OC)cc5OC)ccc4O[C@@]1(OCC=C)[C@H]23. The molecule has 1 heterocycles. The van der Waals surface area contributed by atoms with Gasteiger partial charge in [-0.1, -0.05) is 66.6 Å². The highest BCUT2D eigenvalue weighted by atomic mass is 16.7. The number of oxime groups is 1. The Morgan fingerprint density at radius 2 is 1.68 bits per heavy atom. The number of ether oxygens (including phenoxy) is 7. The van der Waals surface area contributed by atoms with Gasteiger partial charge < -0.3 is 53.3 Å². The first-order chi connectivity index (χ1) is 33.2. The number of allylic oxidation sites excluding steroid dienone is 1. The monoisotopic (exact) mass is 941 g/mol. The molecule has 0 unspecified atom stereocenters. The summed E-state index contributed by atoms with van der Waals surface area (Å²) >= 11 is 0. The maximum absolute atomic E-state index is 14.5. The summed E-state index contributed by atoms with van der Waals surface area (Å²) in [5, 5.41) is 37.2. The van der Waals surface area contributed by atoms with Gasteiger partial charge in [-0.3, -0.25) is 10.2 Å². The van der Waals surface area contributed by atoms with Crippen LogP contribution in [0.3, 0.4) is 0 Å². The maximum Gasteiger partial charge on any atom is 0.417 e. The molecule has 0 radical (unpaired) electrons. The molecule has 2 aliphatic carbocycles. The molecule has 0 saturated heterocycles. The van der Waals surface area contributed by atoms with Gasteiger partial charge in [0.05, 0.1) is 64.6 Å². The van der Waals surface area contributed by atoms with Crippen molar-refractivity contribution in [3.8, 4) is 23.0 Å². The maximum atomic E-state index is 14.5. The van der Waals surface area contributed by atoms with Crippen molar-refractivity contribution in [3.63, 3.8) is 0 Å². The number of benzene rings is 3. The zero-order valence-electron chi connectivity index (χ0n) is 39.2. The Hall–Kier alpha value is -5.91. The van der Waals surface area contributed by atoms with Crippen LogP contribution in [0, 0.1) is 17.8 Å². The van der Waals surface area contributed by atoms with Gasteiger partial charge in [0.1, 0.15) is 35.6 Å². The van der Waals surface area contributed by atoms with Gasteiger partial charge in [-0.2, -0.15) is 0 Å². The number of amides is 2. The summed E-state index contributed by atoms with van der Waals surface area (Å²) in [5.41, 5.74) is 3.47. The van der Waals surface area contributed by atoms with Crippen LogP contribution in [0.2, 0.25) is 0 Å². The number of aliphatic hydroxyl groups excluding tert-OH is 3. The number of unbranched alkanes of at least 4 members (excludes halogenated alkanes) is 2. The van der Waals surface area contributed by atoms with E-state index < -0.39 is 35.9 Å². The molecule has 16 nitrogen and oxygen atoms in total. The lowest BCUT2D eigenvalue weighted by Gasteiger charge is -2.59. The molecule has 0 spiro atoms. The van der Waals surface area contributed by atoms with Crippen LogP contribution in [0.5, 0.6) is 23.0 Å². The van der Waals surface area contributed by atoms with Crippen LogP contribution in [0.4, 0.5) is 15.3 Å². The molecular formula is C52H67N3O13. The molecule has 0 bridgehead atoms. The molecule has 68 heavy (non-hydrogen) atoms. The Bertz CT molecular complexity index is 2180. The molecule has 6 atom stereocenters. The third-order valence-corrected chi connectivity index (χ3v) is 12.6. The summed E-state index contributed by atoms with van der Waals surface area (Å²) in [6.07, 6.45) is 8.79. The number of hydrogen-bond acceptors (Lipinski definition) is 14. The Morgan fingerprint density at radius 1 is 0.897 bits per heavy atom. The highest BCUT2D eigenvalue weighted by Crippen LogP contribution is 2.62. The zero-order valence-corrected chi connectivity index (χ0v) is 39.2. The fourth-order valence-electron chi connectivity index (χ4n) is 9.63. The molecule has 1 saturated carbocycles. The van der Waals surface area contributed by atoms with Gasteiger partial charge in [-0.25, -0.2) is 9.59 Å². The topological polar surface area (TPSA) is 196 Å². The van der Waals surface area contributed by atoms with Gasteiger partial charge in [-0.05, 0) is 85.4 Å². The first kappa shape index (κ1) is 51.5. The van der Waals surface area contributed by atoms with Gasteiger partial charge in [-0.15, -0.1) is 13.2 Å². The van der Waals surface area contributed by atoms with Crippen LogP contribution in [0.25, 0.3) is 0 Å². The smallest absolute Gasteiger partial charge is 0.417 e. The Kier molecular flexibility index (Phi) is 19.7. The third-order valence-electron chi connectivity index (χ3n) is 12.6. The number of carbonyl (C=O) groups is 2. The lowest BCUT2D eigenvalue weighted by Crippen LogP contribution is -2.70. The fourth-order valence-corrected chi connectivity index (χ4v) is 9.63. The Balaban J connectivity index is 1.54. The summed E-state index contributed by atoms with van der Waals surface area (Å²) < 4.78 is 42.8. The number of methoxy groups -OCH3 is 2. The van der Waals surface area contributed by atoms with Crippen molar-refractivity contribution in [3.05, 3.63) is 115 Å². The molecule has 0 aromatic heterocycles. The lowest BCUT2D eigenvalue weighted by molar-refractivity contribution is -0.256. The number of nitrogens with one attached hydrogen (secondary N) is 1. The average molecular weight is 942 g/mol. The van der Waals surface area contributed by atoms with E-state index in [2.05, 4.69) is 24.6 Å². The van der Waals surface area contributed by atoms with E-state index in [0.29, 0.717) is 60.8 Å². The molecule has 368 valence electrons. The van der Waals surface area contributed by atoms with Crippen LogP contribution in [-0.4, -0.2) is 117 Å². The van der Waals surface area contributed by atoms with Crippen LogP contribution >= 0.6 is 0 Å². The summed E-state index contributed by atoms with van der Waals surface area (Å²) in [4.78, 5) is 35.9. The highest BCUT2D eigenvalue weighted by Gasteiger charge is 2.65. The highest BCUT2D eigenvalue weighted by molar-refractivity contribution is 6.03. The van der Waals surface area contributed by atoms with Gasteiger partial charge in [0.15, 0.2) is 0 Å². The molecular weight excluding hydrogens is 875 g/mol. The predicted molar refractivity (Wildman–Crippen MR) is 256 cm³/mol.